The molecule has 0 spiro atoms. The Balaban J connectivity index is 2.53. The lowest BCUT2D eigenvalue weighted by molar-refractivity contribution is -0.130. The molecular weight excluding hydrogens is 278 g/mol. The van der Waals surface area contributed by atoms with E-state index in [0.717, 1.165) is 25.2 Å². The number of nitrogen functional groups attached to an aromatic ring is 1. The molecule has 0 aliphatic rings. The number of rotatable bonds is 9. The van der Waals surface area contributed by atoms with E-state index < -0.39 is 0 Å². The van der Waals surface area contributed by atoms with Crippen molar-refractivity contribution in [3.8, 4) is 5.75 Å². The second kappa shape index (κ2) is 9.30. The van der Waals surface area contributed by atoms with Crippen LogP contribution in [0.1, 0.15) is 25.8 Å². The van der Waals surface area contributed by atoms with E-state index in [1.165, 1.54) is 0 Å². The average Bonchev–Trinajstić information content (AvgIpc) is 2.48. The summed E-state index contributed by atoms with van der Waals surface area (Å²) in [5, 5.41) is 0. The topological polar surface area (TPSA) is 58.8 Å². The largest absolute Gasteiger partial charge is 0.490 e. The monoisotopic (exact) mass is 307 g/mol. The van der Waals surface area contributed by atoms with Gasteiger partial charge in [0.05, 0.1) is 5.69 Å². The van der Waals surface area contributed by atoms with Crippen molar-refractivity contribution in [2.45, 2.75) is 26.7 Å². The molecule has 0 radical (unpaired) electrons. The fourth-order valence-electron chi connectivity index (χ4n) is 2.21. The summed E-state index contributed by atoms with van der Waals surface area (Å²) >= 11 is 0. The molecule has 1 aromatic carbocycles. The third kappa shape index (κ3) is 5.93. The number of hydrogen-bond donors (Lipinski definition) is 1. The maximum Gasteiger partial charge on any atom is 0.222 e. The highest BCUT2D eigenvalue weighted by molar-refractivity contribution is 5.76. The molecule has 0 heterocycles. The molecule has 1 rings (SSSR count). The van der Waals surface area contributed by atoms with E-state index in [1.54, 1.807) is 0 Å². The van der Waals surface area contributed by atoms with Crippen molar-refractivity contribution in [2.24, 2.45) is 0 Å². The Morgan fingerprint density at radius 1 is 1.23 bits per heavy atom. The highest BCUT2D eigenvalue weighted by atomic mass is 16.5. The molecule has 0 aliphatic heterocycles. The molecule has 0 saturated heterocycles. The van der Waals surface area contributed by atoms with Crippen molar-refractivity contribution < 1.29 is 9.53 Å². The van der Waals surface area contributed by atoms with Crippen LogP contribution in [0, 0.1) is 0 Å². The van der Waals surface area contributed by atoms with Crippen LogP contribution in [-0.4, -0.2) is 56.0 Å². The van der Waals surface area contributed by atoms with Crippen LogP contribution in [0.5, 0.6) is 5.75 Å². The van der Waals surface area contributed by atoms with Gasteiger partial charge in [0.2, 0.25) is 5.91 Å². The first-order valence-corrected chi connectivity index (χ1v) is 7.91. The molecule has 5 heteroatoms. The van der Waals surface area contributed by atoms with Gasteiger partial charge in [0, 0.05) is 26.1 Å². The Hall–Kier alpha value is -1.75. The van der Waals surface area contributed by atoms with Gasteiger partial charge in [0.15, 0.2) is 0 Å². The third-order valence-corrected chi connectivity index (χ3v) is 3.61. The maximum atomic E-state index is 12.0. The van der Waals surface area contributed by atoms with Crippen molar-refractivity contribution in [3.63, 3.8) is 0 Å². The summed E-state index contributed by atoms with van der Waals surface area (Å²) in [5.74, 6) is 0.899. The fraction of sp³-hybridized carbons (Fsp3) is 0.588. The van der Waals surface area contributed by atoms with E-state index in [-0.39, 0.29) is 5.91 Å². The number of amides is 1. The summed E-state index contributed by atoms with van der Waals surface area (Å²) < 4.78 is 5.66. The molecule has 0 atom stereocenters. The number of nitrogens with two attached hydrogens (primary N) is 1. The number of carbonyl (C=O) groups excluding carboxylic acids is 1. The van der Waals surface area contributed by atoms with Gasteiger partial charge >= 0.3 is 0 Å². The van der Waals surface area contributed by atoms with Crippen LogP contribution in [0.25, 0.3) is 0 Å². The van der Waals surface area contributed by atoms with Gasteiger partial charge in [-0.25, -0.2) is 0 Å². The van der Waals surface area contributed by atoms with E-state index in [1.807, 2.05) is 51.0 Å². The van der Waals surface area contributed by atoms with Gasteiger partial charge < -0.3 is 20.3 Å². The van der Waals surface area contributed by atoms with Gasteiger partial charge in [-0.2, -0.15) is 0 Å². The van der Waals surface area contributed by atoms with Crippen LogP contribution in [0.3, 0.4) is 0 Å². The normalized spacial score (nSPS) is 10.8. The quantitative estimate of drug-likeness (QED) is 0.709. The number of ether oxygens (including phenoxy) is 1. The second-order valence-corrected chi connectivity index (χ2v) is 5.59. The summed E-state index contributed by atoms with van der Waals surface area (Å²) in [6.07, 6.45) is 1.22. The second-order valence-electron chi connectivity index (χ2n) is 5.59. The van der Waals surface area contributed by atoms with Crippen molar-refractivity contribution >= 4 is 11.6 Å². The molecule has 1 aromatic rings. The van der Waals surface area contributed by atoms with E-state index >= 15 is 0 Å². The van der Waals surface area contributed by atoms with E-state index in [9.17, 15) is 4.79 Å². The lowest BCUT2D eigenvalue weighted by atomic mass is 10.1. The zero-order valence-corrected chi connectivity index (χ0v) is 14.3. The molecule has 22 heavy (non-hydrogen) atoms. The number of likely N-dealkylation sites (N-methyl/N-ethyl adjacent to an activating group) is 1. The fourth-order valence-corrected chi connectivity index (χ4v) is 2.21. The molecule has 124 valence electrons. The van der Waals surface area contributed by atoms with Crippen LogP contribution >= 0.6 is 0 Å². The van der Waals surface area contributed by atoms with Gasteiger partial charge in [-0.1, -0.05) is 6.07 Å². The minimum atomic E-state index is 0.190. The highest BCUT2D eigenvalue weighted by Gasteiger charge is 2.10. The molecule has 2 N–H and O–H groups in total. The first-order chi connectivity index (χ1) is 10.5. The number of carbonyl (C=O) groups is 1. The Bertz CT molecular complexity index is 471. The molecule has 0 fully saturated rings. The smallest absolute Gasteiger partial charge is 0.222 e. The van der Waals surface area contributed by atoms with Crippen LogP contribution in [0.2, 0.25) is 0 Å². The Morgan fingerprint density at radius 3 is 2.45 bits per heavy atom. The summed E-state index contributed by atoms with van der Waals surface area (Å²) in [6.45, 7) is 6.97. The van der Waals surface area contributed by atoms with Gasteiger partial charge in [0.25, 0.3) is 0 Å². The molecule has 5 nitrogen and oxygen atoms in total. The molecule has 0 unspecified atom stereocenters. The zero-order chi connectivity index (χ0) is 16.5. The SMILES string of the molecule is CCN(CC)C(=O)CCc1ccc(OCCN(C)C)c(N)c1. The van der Waals surface area contributed by atoms with Crippen LogP contribution in [0.4, 0.5) is 5.69 Å². The molecule has 0 aliphatic carbocycles. The van der Waals surface area contributed by atoms with Gasteiger partial charge in [-0.3, -0.25) is 4.79 Å². The van der Waals surface area contributed by atoms with E-state index in [2.05, 4.69) is 4.90 Å². The average molecular weight is 307 g/mol. The number of aryl methyl sites for hydroxylation is 1. The third-order valence-electron chi connectivity index (χ3n) is 3.61. The molecule has 0 saturated carbocycles. The van der Waals surface area contributed by atoms with Crippen LogP contribution < -0.4 is 10.5 Å². The van der Waals surface area contributed by atoms with Crippen molar-refractivity contribution in [2.75, 3.05) is 46.1 Å². The Kier molecular flexibility index (Phi) is 7.74. The van der Waals surface area contributed by atoms with Crippen molar-refractivity contribution in [3.05, 3.63) is 23.8 Å². The predicted molar refractivity (Wildman–Crippen MR) is 91.2 cm³/mol. The highest BCUT2D eigenvalue weighted by Crippen LogP contribution is 2.23. The summed E-state index contributed by atoms with van der Waals surface area (Å²) in [5.41, 5.74) is 7.72. The number of anilines is 1. The minimum absolute atomic E-state index is 0.190. The first kappa shape index (κ1) is 18.3. The standard InChI is InChI=1S/C17H29N3O2/c1-5-20(6-2)17(21)10-8-14-7-9-16(15(18)13-14)22-12-11-19(3)4/h7,9,13H,5-6,8,10-12,18H2,1-4H3. The molecule has 0 bridgehead atoms. The molecule has 1 amide bonds. The summed E-state index contributed by atoms with van der Waals surface area (Å²) in [6, 6.07) is 5.78. The van der Waals surface area contributed by atoms with Crippen LogP contribution in [-0.2, 0) is 11.2 Å². The summed E-state index contributed by atoms with van der Waals surface area (Å²) in [7, 11) is 4.01. The van der Waals surface area contributed by atoms with Crippen LogP contribution in [0.15, 0.2) is 18.2 Å². The van der Waals surface area contributed by atoms with Gasteiger partial charge in [-0.05, 0) is 52.1 Å². The minimum Gasteiger partial charge on any atom is -0.490 e. The van der Waals surface area contributed by atoms with Crippen molar-refractivity contribution in [1.82, 2.24) is 9.80 Å². The van der Waals surface area contributed by atoms with E-state index in [0.29, 0.717) is 30.9 Å². The van der Waals surface area contributed by atoms with Gasteiger partial charge in [0.1, 0.15) is 12.4 Å². The molecular formula is C17H29N3O2. The van der Waals surface area contributed by atoms with Gasteiger partial charge in [-0.15, -0.1) is 0 Å². The zero-order valence-electron chi connectivity index (χ0n) is 14.3. The van der Waals surface area contributed by atoms with E-state index in [4.69, 9.17) is 10.5 Å². The lowest BCUT2D eigenvalue weighted by Gasteiger charge is -2.18. The van der Waals surface area contributed by atoms with Crippen molar-refractivity contribution in [1.29, 1.82) is 0 Å². The first-order valence-electron chi connectivity index (χ1n) is 7.91. The number of nitrogens with zero attached hydrogens (tertiary/aromatic N) is 2. The maximum absolute atomic E-state index is 12.0. The Labute approximate surface area is 134 Å². The lowest BCUT2D eigenvalue weighted by Crippen LogP contribution is -2.30. The molecule has 0 aromatic heterocycles. The Morgan fingerprint density at radius 2 is 1.91 bits per heavy atom. The number of hydrogen-bond acceptors (Lipinski definition) is 4. The summed E-state index contributed by atoms with van der Waals surface area (Å²) in [4.78, 5) is 15.9. The predicted octanol–water partition coefficient (Wildman–Crippen LogP) is 2.01. The number of benzene rings is 1.